The first-order chi connectivity index (χ1) is 8.21. The molecule has 0 spiro atoms. The molecule has 1 heterocycles. The minimum Gasteiger partial charge on any atom is -0.393 e. The molecule has 1 aliphatic carbocycles. The van der Waals surface area contributed by atoms with Crippen LogP contribution in [0.25, 0.3) is 0 Å². The lowest BCUT2D eigenvalue weighted by molar-refractivity contribution is 0.0835. The van der Waals surface area contributed by atoms with E-state index in [1.165, 1.54) is 0 Å². The third kappa shape index (κ3) is 3.04. The standard InChI is InChI=1S/C11H18N4O2/c1-12-9-5-10(13-7-3-8(16)4-7)15-11(14-9)6-17-2/h5,7-8,16H,3-4,6H2,1-2H3,(H2,12,13,14,15). The number of aliphatic hydroxyl groups excluding tert-OH is 1. The summed E-state index contributed by atoms with van der Waals surface area (Å²) >= 11 is 0. The van der Waals surface area contributed by atoms with Crippen LogP contribution in [0.2, 0.25) is 0 Å². The van der Waals surface area contributed by atoms with Crippen molar-refractivity contribution in [3.05, 3.63) is 11.9 Å². The Kier molecular flexibility index (Phi) is 3.75. The Morgan fingerprint density at radius 3 is 2.71 bits per heavy atom. The smallest absolute Gasteiger partial charge is 0.158 e. The number of aliphatic hydroxyl groups is 1. The van der Waals surface area contributed by atoms with Gasteiger partial charge in [-0.05, 0) is 12.8 Å². The second-order valence-corrected chi connectivity index (χ2v) is 4.20. The number of ether oxygens (including phenoxy) is 1. The number of aromatic nitrogens is 2. The molecule has 0 atom stereocenters. The van der Waals surface area contributed by atoms with Gasteiger partial charge in [0.15, 0.2) is 5.82 Å². The van der Waals surface area contributed by atoms with Crippen LogP contribution < -0.4 is 10.6 Å². The molecule has 1 aromatic heterocycles. The van der Waals surface area contributed by atoms with E-state index in [1.54, 1.807) is 7.11 Å². The monoisotopic (exact) mass is 238 g/mol. The van der Waals surface area contributed by atoms with Gasteiger partial charge in [-0.2, -0.15) is 0 Å². The number of hydrogen-bond acceptors (Lipinski definition) is 6. The summed E-state index contributed by atoms with van der Waals surface area (Å²) in [6, 6.07) is 2.16. The van der Waals surface area contributed by atoms with Crippen LogP contribution in [-0.2, 0) is 11.3 Å². The van der Waals surface area contributed by atoms with Gasteiger partial charge in [0.2, 0.25) is 0 Å². The Hall–Kier alpha value is -1.40. The molecular formula is C11H18N4O2. The summed E-state index contributed by atoms with van der Waals surface area (Å²) in [4.78, 5) is 8.62. The Bertz CT molecular complexity index is 380. The van der Waals surface area contributed by atoms with E-state index in [4.69, 9.17) is 4.74 Å². The second kappa shape index (κ2) is 5.29. The summed E-state index contributed by atoms with van der Waals surface area (Å²) in [5.41, 5.74) is 0. The van der Waals surface area contributed by atoms with Gasteiger partial charge in [-0.1, -0.05) is 0 Å². The molecule has 0 saturated heterocycles. The van der Waals surface area contributed by atoms with E-state index in [2.05, 4.69) is 20.6 Å². The quantitative estimate of drug-likeness (QED) is 0.697. The summed E-state index contributed by atoms with van der Waals surface area (Å²) in [6.45, 7) is 0.386. The first kappa shape index (κ1) is 12.1. The van der Waals surface area contributed by atoms with E-state index in [0.29, 0.717) is 18.5 Å². The van der Waals surface area contributed by atoms with Gasteiger partial charge >= 0.3 is 0 Å². The Labute approximate surface area is 100 Å². The molecule has 6 heteroatoms. The summed E-state index contributed by atoms with van der Waals surface area (Å²) in [5.74, 6) is 2.17. The fraction of sp³-hybridized carbons (Fsp3) is 0.636. The number of nitrogens with zero attached hydrogens (tertiary/aromatic N) is 2. The third-order valence-electron chi connectivity index (χ3n) is 2.77. The van der Waals surface area contributed by atoms with Crippen molar-refractivity contribution in [2.75, 3.05) is 24.8 Å². The highest BCUT2D eigenvalue weighted by molar-refractivity contribution is 5.48. The number of methoxy groups -OCH3 is 1. The van der Waals surface area contributed by atoms with Crippen molar-refractivity contribution < 1.29 is 9.84 Å². The zero-order valence-corrected chi connectivity index (χ0v) is 10.1. The zero-order valence-electron chi connectivity index (χ0n) is 10.1. The summed E-state index contributed by atoms with van der Waals surface area (Å²) in [5, 5.41) is 15.5. The minimum atomic E-state index is -0.170. The van der Waals surface area contributed by atoms with E-state index >= 15 is 0 Å². The second-order valence-electron chi connectivity index (χ2n) is 4.20. The molecule has 0 bridgehead atoms. The van der Waals surface area contributed by atoms with Crippen molar-refractivity contribution in [3.8, 4) is 0 Å². The Morgan fingerprint density at radius 2 is 2.12 bits per heavy atom. The maximum Gasteiger partial charge on any atom is 0.158 e. The molecule has 1 fully saturated rings. The topological polar surface area (TPSA) is 79.3 Å². The van der Waals surface area contributed by atoms with E-state index in [1.807, 2.05) is 13.1 Å². The van der Waals surface area contributed by atoms with Crippen LogP contribution in [-0.4, -0.2) is 41.4 Å². The maximum atomic E-state index is 9.23. The van der Waals surface area contributed by atoms with Crippen molar-refractivity contribution in [2.45, 2.75) is 31.6 Å². The molecule has 94 valence electrons. The average Bonchev–Trinajstić information content (AvgIpc) is 2.27. The molecule has 6 nitrogen and oxygen atoms in total. The van der Waals surface area contributed by atoms with Crippen LogP contribution in [0.5, 0.6) is 0 Å². The lowest BCUT2D eigenvalue weighted by atomic mass is 9.89. The van der Waals surface area contributed by atoms with Crippen LogP contribution in [0.3, 0.4) is 0 Å². The summed E-state index contributed by atoms with van der Waals surface area (Å²) in [7, 11) is 3.43. The molecule has 0 amide bonds. The van der Waals surface area contributed by atoms with Crippen LogP contribution in [0, 0.1) is 0 Å². The van der Waals surface area contributed by atoms with Crippen molar-refractivity contribution in [3.63, 3.8) is 0 Å². The number of rotatable bonds is 5. The molecular weight excluding hydrogens is 220 g/mol. The fourth-order valence-electron chi connectivity index (χ4n) is 1.81. The predicted octanol–water partition coefficient (Wildman–Crippen LogP) is 0.600. The van der Waals surface area contributed by atoms with Gasteiger partial charge in [-0.15, -0.1) is 0 Å². The molecule has 0 unspecified atom stereocenters. The maximum absolute atomic E-state index is 9.23. The van der Waals surface area contributed by atoms with Crippen LogP contribution in [0.15, 0.2) is 6.07 Å². The van der Waals surface area contributed by atoms with E-state index in [9.17, 15) is 5.11 Å². The minimum absolute atomic E-state index is 0.170. The van der Waals surface area contributed by atoms with Crippen LogP contribution in [0.1, 0.15) is 18.7 Å². The summed E-state index contributed by atoms with van der Waals surface area (Å²) < 4.78 is 5.02. The summed E-state index contributed by atoms with van der Waals surface area (Å²) in [6.07, 6.45) is 1.38. The largest absolute Gasteiger partial charge is 0.393 e. The number of anilines is 2. The van der Waals surface area contributed by atoms with E-state index in [0.717, 1.165) is 24.5 Å². The number of nitrogens with one attached hydrogen (secondary N) is 2. The first-order valence-electron chi connectivity index (χ1n) is 5.70. The molecule has 0 aromatic carbocycles. The SMILES string of the molecule is CNc1cc(NC2CC(O)C2)nc(COC)n1. The van der Waals surface area contributed by atoms with Gasteiger partial charge in [0.25, 0.3) is 0 Å². The third-order valence-corrected chi connectivity index (χ3v) is 2.77. The van der Waals surface area contributed by atoms with E-state index in [-0.39, 0.29) is 6.10 Å². The molecule has 1 saturated carbocycles. The Balaban J connectivity index is 2.06. The van der Waals surface area contributed by atoms with Crippen molar-refractivity contribution in [2.24, 2.45) is 0 Å². The molecule has 1 aliphatic rings. The Morgan fingerprint density at radius 1 is 1.41 bits per heavy atom. The van der Waals surface area contributed by atoms with Crippen LogP contribution in [0.4, 0.5) is 11.6 Å². The number of hydrogen-bond donors (Lipinski definition) is 3. The molecule has 0 radical (unpaired) electrons. The van der Waals surface area contributed by atoms with E-state index < -0.39 is 0 Å². The van der Waals surface area contributed by atoms with Crippen molar-refractivity contribution in [1.82, 2.24) is 9.97 Å². The fourth-order valence-corrected chi connectivity index (χ4v) is 1.81. The highest BCUT2D eigenvalue weighted by atomic mass is 16.5. The molecule has 1 aromatic rings. The van der Waals surface area contributed by atoms with Crippen LogP contribution >= 0.6 is 0 Å². The highest BCUT2D eigenvalue weighted by Gasteiger charge is 2.27. The molecule has 17 heavy (non-hydrogen) atoms. The van der Waals surface area contributed by atoms with Crippen molar-refractivity contribution >= 4 is 11.6 Å². The molecule has 3 N–H and O–H groups in total. The van der Waals surface area contributed by atoms with Gasteiger partial charge < -0.3 is 20.5 Å². The predicted molar refractivity (Wildman–Crippen MR) is 64.9 cm³/mol. The zero-order chi connectivity index (χ0) is 12.3. The first-order valence-corrected chi connectivity index (χ1v) is 5.70. The van der Waals surface area contributed by atoms with Gasteiger partial charge in [0, 0.05) is 26.3 Å². The molecule has 2 rings (SSSR count). The lowest BCUT2D eigenvalue weighted by Crippen LogP contribution is -2.39. The van der Waals surface area contributed by atoms with Gasteiger partial charge in [0.1, 0.15) is 18.2 Å². The normalized spacial score (nSPS) is 23.0. The molecule has 0 aliphatic heterocycles. The van der Waals surface area contributed by atoms with Gasteiger partial charge in [0.05, 0.1) is 6.10 Å². The van der Waals surface area contributed by atoms with Gasteiger partial charge in [-0.3, -0.25) is 0 Å². The van der Waals surface area contributed by atoms with Gasteiger partial charge in [-0.25, -0.2) is 9.97 Å². The lowest BCUT2D eigenvalue weighted by Gasteiger charge is -2.32. The van der Waals surface area contributed by atoms with Crippen molar-refractivity contribution in [1.29, 1.82) is 0 Å². The highest BCUT2D eigenvalue weighted by Crippen LogP contribution is 2.24. The average molecular weight is 238 g/mol.